The highest BCUT2D eigenvalue weighted by Gasteiger charge is 2.45. The van der Waals surface area contributed by atoms with Crippen molar-refractivity contribution in [3.8, 4) is 0 Å². The number of piperidine rings is 1. The molecule has 24 heavy (non-hydrogen) atoms. The standard InChI is InChI=1S/C21H41NO2/c1-10-11-22-20(6,7)14-17(15-21(22,8)9)24-18(23)12-16(2)13-19(3,4)5/h16-17H,10-15H2,1-9H3. The summed E-state index contributed by atoms with van der Waals surface area (Å²) < 4.78 is 5.91. The zero-order valence-electron chi connectivity index (χ0n) is 17.7. The molecule has 142 valence electrons. The number of hydrogen-bond acceptors (Lipinski definition) is 3. The molecule has 0 amide bonds. The molecule has 1 saturated heterocycles. The van der Waals surface area contributed by atoms with Gasteiger partial charge in [0.05, 0.1) is 0 Å². The van der Waals surface area contributed by atoms with Crippen molar-refractivity contribution in [2.24, 2.45) is 11.3 Å². The molecule has 0 spiro atoms. The molecule has 0 aliphatic carbocycles. The van der Waals surface area contributed by atoms with Crippen LogP contribution in [0.5, 0.6) is 0 Å². The summed E-state index contributed by atoms with van der Waals surface area (Å²) in [6, 6.07) is 0. The first-order valence-electron chi connectivity index (χ1n) is 9.74. The van der Waals surface area contributed by atoms with E-state index in [9.17, 15) is 4.79 Å². The van der Waals surface area contributed by atoms with Gasteiger partial charge in [-0.3, -0.25) is 9.69 Å². The van der Waals surface area contributed by atoms with Crippen molar-refractivity contribution >= 4 is 5.97 Å². The topological polar surface area (TPSA) is 29.5 Å². The van der Waals surface area contributed by atoms with Gasteiger partial charge < -0.3 is 4.74 Å². The first-order valence-corrected chi connectivity index (χ1v) is 9.74. The van der Waals surface area contributed by atoms with Crippen LogP contribution in [-0.2, 0) is 9.53 Å². The summed E-state index contributed by atoms with van der Waals surface area (Å²) in [7, 11) is 0. The third-order valence-corrected chi connectivity index (χ3v) is 5.14. The summed E-state index contributed by atoms with van der Waals surface area (Å²) >= 11 is 0. The average molecular weight is 340 g/mol. The third kappa shape index (κ3) is 6.38. The van der Waals surface area contributed by atoms with Gasteiger partial charge in [-0.1, -0.05) is 34.6 Å². The van der Waals surface area contributed by atoms with Gasteiger partial charge >= 0.3 is 5.97 Å². The fraction of sp³-hybridized carbons (Fsp3) is 0.952. The van der Waals surface area contributed by atoms with Gasteiger partial charge in [0.25, 0.3) is 0 Å². The highest BCUT2D eigenvalue weighted by atomic mass is 16.5. The van der Waals surface area contributed by atoms with Crippen LogP contribution in [0.4, 0.5) is 0 Å². The van der Waals surface area contributed by atoms with Crippen LogP contribution in [0.3, 0.4) is 0 Å². The van der Waals surface area contributed by atoms with Gasteiger partial charge in [-0.15, -0.1) is 0 Å². The maximum absolute atomic E-state index is 12.4. The molecule has 1 heterocycles. The zero-order chi connectivity index (χ0) is 18.8. The Bertz CT molecular complexity index is 402. The number of ether oxygens (including phenoxy) is 1. The fourth-order valence-corrected chi connectivity index (χ4v) is 4.77. The number of esters is 1. The highest BCUT2D eigenvalue weighted by molar-refractivity contribution is 5.69. The predicted octanol–water partition coefficient (Wildman–Crippen LogP) is 5.42. The van der Waals surface area contributed by atoms with Gasteiger partial charge in [-0.2, -0.15) is 0 Å². The lowest BCUT2D eigenvalue weighted by Gasteiger charge is -2.55. The van der Waals surface area contributed by atoms with Gasteiger partial charge in [0, 0.05) is 30.3 Å². The van der Waals surface area contributed by atoms with Crippen molar-refractivity contribution < 1.29 is 9.53 Å². The fourth-order valence-electron chi connectivity index (χ4n) is 4.77. The zero-order valence-corrected chi connectivity index (χ0v) is 17.7. The maximum atomic E-state index is 12.4. The molecule has 1 rings (SSSR count). The molecule has 1 aliphatic heterocycles. The van der Waals surface area contributed by atoms with Crippen molar-refractivity contribution in [1.29, 1.82) is 0 Å². The average Bonchev–Trinajstić information content (AvgIpc) is 2.29. The summed E-state index contributed by atoms with van der Waals surface area (Å²) in [5.41, 5.74) is 0.397. The Morgan fingerprint density at radius 2 is 1.67 bits per heavy atom. The van der Waals surface area contributed by atoms with E-state index in [1.165, 1.54) is 0 Å². The van der Waals surface area contributed by atoms with Crippen LogP contribution in [0.2, 0.25) is 0 Å². The summed E-state index contributed by atoms with van der Waals surface area (Å²) in [5, 5.41) is 0. The molecule has 3 nitrogen and oxygen atoms in total. The van der Waals surface area contributed by atoms with E-state index in [0.29, 0.717) is 12.3 Å². The second-order valence-electron chi connectivity index (χ2n) is 10.4. The van der Waals surface area contributed by atoms with Crippen LogP contribution in [0.1, 0.15) is 94.4 Å². The summed E-state index contributed by atoms with van der Waals surface area (Å²) in [5.74, 6) is 0.353. The number of carbonyl (C=O) groups excluding carboxylic acids is 1. The Morgan fingerprint density at radius 1 is 1.17 bits per heavy atom. The van der Waals surface area contributed by atoms with Gasteiger partial charge in [0.2, 0.25) is 0 Å². The molecule has 1 aliphatic rings. The van der Waals surface area contributed by atoms with Crippen LogP contribution in [0.25, 0.3) is 0 Å². The molecular weight excluding hydrogens is 298 g/mol. The Kier molecular flexibility index (Phi) is 6.94. The molecule has 1 unspecified atom stereocenters. The molecule has 1 fully saturated rings. The molecule has 0 aromatic rings. The lowest BCUT2D eigenvalue weighted by atomic mass is 9.78. The minimum absolute atomic E-state index is 0.0210. The quantitative estimate of drug-likeness (QED) is 0.605. The Balaban J connectivity index is 2.65. The third-order valence-electron chi connectivity index (χ3n) is 5.14. The number of rotatable bonds is 6. The molecule has 0 bridgehead atoms. The van der Waals surface area contributed by atoms with Crippen molar-refractivity contribution in [1.82, 2.24) is 4.90 Å². The molecule has 0 radical (unpaired) electrons. The largest absolute Gasteiger partial charge is 0.462 e. The van der Waals surface area contributed by atoms with E-state index in [0.717, 1.165) is 32.2 Å². The van der Waals surface area contributed by atoms with E-state index >= 15 is 0 Å². The van der Waals surface area contributed by atoms with Crippen LogP contribution in [0, 0.1) is 11.3 Å². The van der Waals surface area contributed by atoms with Crippen LogP contribution < -0.4 is 0 Å². The Morgan fingerprint density at radius 3 is 2.08 bits per heavy atom. The molecule has 0 aromatic heterocycles. The molecule has 0 N–H and O–H groups in total. The second kappa shape index (κ2) is 7.76. The predicted molar refractivity (Wildman–Crippen MR) is 102 cm³/mol. The van der Waals surface area contributed by atoms with Gasteiger partial charge in [0.15, 0.2) is 0 Å². The number of hydrogen-bond donors (Lipinski definition) is 0. The summed E-state index contributed by atoms with van der Waals surface area (Å²) in [4.78, 5) is 15.0. The van der Waals surface area contributed by atoms with Crippen LogP contribution in [0.15, 0.2) is 0 Å². The number of likely N-dealkylation sites (tertiary alicyclic amines) is 1. The maximum Gasteiger partial charge on any atom is 0.306 e. The first-order chi connectivity index (χ1) is 10.8. The van der Waals surface area contributed by atoms with E-state index in [4.69, 9.17) is 4.74 Å². The monoisotopic (exact) mass is 339 g/mol. The molecule has 0 saturated carbocycles. The van der Waals surface area contributed by atoms with E-state index in [2.05, 4.69) is 67.2 Å². The smallest absolute Gasteiger partial charge is 0.306 e. The second-order valence-corrected chi connectivity index (χ2v) is 10.4. The highest BCUT2D eigenvalue weighted by Crippen LogP contribution is 2.39. The van der Waals surface area contributed by atoms with Crippen molar-refractivity contribution in [2.45, 2.75) is 112 Å². The SMILES string of the molecule is CCCN1C(C)(C)CC(OC(=O)CC(C)CC(C)(C)C)CC1(C)C. The van der Waals surface area contributed by atoms with Gasteiger partial charge in [-0.25, -0.2) is 0 Å². The van der Waals surface area contributed by atoms with Crippen molar-refractivity contribution in [3.63, 3.8) is 0 Å². The lowest BCUT2D eigenvalue weighted by Crippen LogP contribution is -2.62. The van der Waals surface area contributed by atoms with Crippen molar-refractivity contribution in [3.05, 3.63) is 0 Å². The van der Waals surface area contributed by atoms with Crippen LogP contribution >= 0.6 is 0 Å². The van der Waals surface area contributed by atoms with Gasteiger partial charge in [0.1, 0.15) is 6.10 Å². The minimum atomic E-state index is -0.0210. The number of nitrogens with zero attached hydrogens (tertiary/aromatic N) is 1. The minimum Gasteiger partial charge on any atom is -0.462 e. The van der Waals surface area contributed by atoms with Crippen LogP contribution in [-0.4, -0.2) is 34.6 Å². The molecule has 0 aromatic carbocycles. The Labute approximate surface area is 150 Å². The first kappa shape index (κ1) is 21.5. The summed E-state index contributed by atoms with van der Waals surface area (Å²) in [6.07, 6.45) is 4.63. The van der Waals surface area contributed by atoms with Gasteiger partial charge in [-0.05, 0) is 58.4 Å². The molecular formula is C21H41NO2. The summed E-state index contributed by atoms with van der Waals surface area (Å²) in [6.45, 7) is 21.3. The van der Waals surface area contributed by atoms with Crippen molar-refractivity contribution in [2.75, 3.05) is 6.54 Å². The molecule has 1 atom stereocenters. The number of carbonyl (C=O) groups is 1. The normalized spacial score (nSPS) is 23.0. The van der Waals surface area contributed by atoms with E-state index in [1.54, 1.807) is 0 Å². The molecule has 3 heteroatoms. The Hall–Kier alpha value is -0.570. The van der Waals surface area contributed by atoms with E-state index in [-0.39, 0.29) is 28.6 Å². The van der Waals surface area contributed by atoms with E-state index < -0.39 is 0 Å². The lowest BCUT2D eigenvalue weighted by molar-refractivity contribution is -0.161. The van der Waals surface area contributed by atoms with E-state index in [1.807, 2.05) is 0 Å².